The molecule has 1 heterocycles. The van der Waals surface area contributed by atoms with E-state index in [0.717, 1.165) is 19.9 Å². The molecule has 0 aliphatic carbocycles. The Bertz CT molecular complexity index is 457. The summed E-state index contributed by atoms with van der Waals surface area (Å²) in [6, 6.07) is 3.63. The van der Waals surface area contributed by atoms with Crippen LogP contribution < -0.4 is 4.74 Å². The van der Waals surface area contributed by atoms with Crippen LogP contribution in [-0.4, -0.2) is 12.1 Å². The first-order chi connectivity index (χ1) is 6.22. The van der Waals surface area contributed by atoms with Crippen molar-refractivity contribution in [2.24, 2.45) is 0 Å². The van der Waals surface area contributed by atoms with E-state index in [1.165, 1.54) is 11.3 Å². The molecule has 0 bridgehead atoms. The van der Waals surface area contributed by atoms with Crippen molar-refractivity contribution in [1.29, 1.82) is 0 Å². The first kappa shape index (κ1) is 9.24. The van der Waals surface area contributed by atoms with Gasteiger partial charge in [0, 0.05) is 0 Å². The average Bonchev–Trinajstić information content (AvgIpc) is 2.48. The van der Waals surface area contributed by atoms with Gasteiger partial charge in [0.2, 0.25) is 0 Å². The fraction of sp³-hybridized carbons (Fsp3) is 0.125. The molecule has 68 valence electrons. The number of hydrogen-bond acceptors (Lipinski definition) is 3. The van der Waals surface area contributed by atoms with Crippen molar-refractivity contribution in [2.45, 2.75) is 0 Å². The van der Waals surface area contributed by atoms with E-state index in [0.29, 0.717) is 5.02 Å². The predicted molar refractivity (Wildman–Crippen MR) is 58.9 cm³/mol. The number of hydrogen-bond donors (Lipinski definition) is 0. The van der Waals surface area contributed by atoms with Crippen molar-refractivity contribution in [1.82, 2.24) is 4.98 Å². The molecule has 0 aliphatic heterocycles. The van der Waals surface area contributed by atoms with Gasteiger partial charge in [-0.2, -0.15) is 0 Å². The molecule has 0 atom stereocenters. The van der Waals surface area contributed by atoms with E-state index in [4.69, 9.17) is 16.3 Å². The highest BCUT2D eigenvalue weighted by Gasteiger charge is 2.10. The smallest absolute Gasteiger partial charge is 0.160 e. The Hall–Kier alpha value is -0.320. The second kappa shape index (κ2) is 3.44. The molecule has 0 saturated carbocycles. The summed E-state index contributed by atoms with van der Waals surface area (Å²) in [5.74, 6) is 0.751. The number of rotatable bonds is 1. The second-order valence-corrected chi connectivity index (χ2v) is 5.08. The zero-order valence-electron chi connectivity index (χ0n) is 6.67. The summed E-state index contributed by atoms with van der Waals surface area (Å²) < 4.78 is 6.93. The van der Waals surface area contributed by atoms with Crippen LogP contribution in [0.2, 0.25) is 5.02 Å². The van der Waals surface area contributed by atoms with Crippen molar-refractivity contribution in [3.63, 3.8) is 0 Å². The molecule has 0 fully saturated rings. The Balaban J connectivity index is 2.83. The monoisotopic (exact) mass is 277 g/mol. The average molecular weight is 279 g/mol. The van der Waals surface area contributed by atoms with Crippen LogP contribution in [0, 0.1) is 0 Å². The number of aromatic nitrogens is 1. The Morgan fingerprint density at radius 1 is 1.54 bits per heavy atom. The summed E-state index contributed by atoms with van der Waals surface area (Å²) in [4.78, 5) is 4.27. The number of fused-ring (bicyclic) bond motifs is 1. The molecular formula is C8H5BrClNOS. The number of halogens is 2. The number of ether oxygens (including phenoxy) is 1. The van der Waals surface area contributed by atoms with E-state index in [2.05, 4.69) is 20.9 Å². The molecule has 2 aromatic rings. The van der Waals surface area contributed by atoms with Gasteiger partial charge in [-0.3, -0.25) is 0 Å². The zero-order valence-corrected chi connectivity index (χ0v) is 9.83. The van der Waals surface area contributed by atoms with Crippen LogP contribution in [0.1, 0.15) is 0 Å². The summed E-state index contributed by atoms with van der Waals surface area (Å²) in [6.07, 6.45) is 0. The third-order valence-electron chi connectivity index (χ3n) is 1.65. The molecule has 5 heteroatoms. The Morgan fingerprint density at radius 3 is 3.00 bits per heavy atom. The quantitative estimate of drug-likeness (QED) is 0.793. The van der Waals surface area contributed by atoms with Gasteiger partial charge in [0.05, 0.1) is 16.8 Å². The molecule has 2 nitrogen and oxygen atoms in total. The molecule has 0 spiro atoms. The third-order valence-corrected chi connectivity index (χ3v) is 3.62. The largest absolute Gasteiger partial charge is 0.494 e. The van der Waals surface area contributed by atoms with Crippen LogP contribution in [-0.2, 0) is 0 Å². The normalized spacial score (nSPS) is 10.7. The summed E-state index contributed by atoms with van der Waals surface area (Å²) in [5, 5.41) is 0.707. The van der Waals surface area contributed by atoms with E-state index >= 15 is 0 Å². The second-order valence-electron chi connectivity index (χ2n) is 2.39. The number of methoxy groups -OCH3 is 1. The fourth-order valence-corrected chi connectivity index (χ4v) is 2.74. The van der Waals surface area contributed by atoms with Crippen LogP contribution >= 0.6 is 38.9 Å². The molecule has 13 heavy (non-hydrogen) atoms. The lowest BCUT2D eigenvalue weighted by atomic mass is 10.3. The molecule has 1 aromatic heterocycles. The highest BCUT2D eigenvalue weighted by Crippen LogP contribution is 2.36. The minimum atomic E-state index is 0.707. The number of nitrogens with zero attached hydrogens (tertiary/aromatic N) is 1. The van der Waals surface area contributed by atoms with Crippen molar-refractivity contribution in [3.05, 3.63) is 21.1 Å². The number of benzene rings is 1. The molecule has 2 rings (SSSR count). The Morgan fingerprint density at radius 2 is 2.31 bits per heavy atom. The van der Waals surface area contributed by atoms with E-state index in [1.807, 2.05) is 12.1 Å². The topological polar surface area (TPSA) is 22.1 Å². The van der Waals surface area contributed by atoms with Gasteiger partial charge in [-0.15, -0.1) is 11.3 Å². The van der Waals surface area contributed by atoms with Crippen molar-refractivity contribution >= 4 is 49.1 Å². The zero-order chi connectivity index (χ0) is 9.42. The molecule has 0 radical (unpaired) electrons. The maximum absolute atomic E-state index is 5.99. The van der Waals surface area contributed by atoms with Gasteiger partial charge in [-0.05, 0) is 28.1 Å². The highest BCUT2D eigenvalue weighted by molar-refractivity contribution is 9.11. The standard InChI is InChI=1S/C8H5BrClNOS/c1-12-5-3-2-4(10)7-6(5)11-8(9)13-7/h2-3H,1H3. The lowest BCUT2D eigenvalue weighted by Crippen LogP contribution is -1.83. The Kier molecular flexibility index (Phi) is 2.45. The lowest BCUT2D eigenvalue weighted by molar-refractivity contribution is 0.419. The van der Waals surface area contributed by atoms with E-state index in [9.17, 15) is 0 Å². The van der Waals surface area contributed by atoms with Crippen LogP contribution in [0.15, 0.2) is 16.0 Å². The van der Waals surface area contributed by atoms with Gasteiger partial charge in [0.1, 0.15) is 11.3 Å². The van der Waals surface area contributed by atoms with Gasteiger partial charge in [-0.25, -0.2) is 4.98 Å². The molecule has 1 aromatic carbocycles. The molecule has 0 aliphatic rings. The number of thiazole rings is 1. The molecule has 0 saturated heterocycles. The van der Waals surface area contributed by atoms with Gasteiger partial charge in [0.15, 0.2) is 3.92 Å². The first-order valence-corrected chi connectivity index (χ1v) is 5.49. The lowest BCUT2D eigenvalue weighted by Gasteiger charge is -1.99. The van der Waals surface area contributed by atoms with E-state index in [1.54, 1.807) is 7.11 Å². The SMILES string of the molecule is COc1ccc(Cl)c2sc(Br)nc12. The van der Waals surface area contributed by atoms with Crippen molar-refractivity contribution in [2.75, 3.05) is 7.11 Å². The summed E-state index contributed by atoms with van der Waals surface area (Å²) in [7, 11) is 1.62. The van der Waals surface area contributed by atoms with E-state index < -0.39 is 0 Å². The molecular weight excluding hydrogens is 274 g/mol. The van der Waals surface area contributed by atoms with Crippen molar-refractivity contribution in [3.8, 4) is 5.75 Å². The van der Waals surface area contributed by atoms with Gasteiger partial charge < -0.3 is 4.74 Å². The fourth-order valence-electron chi connectivity index (χ4n) is 1.09. The summed E-state index contributed by atoms with van der Waals surface area (Å²) in [5.41, 5.74) is 0.812. The summed E-state index contributed by atoms with van der Waals surface area (Å²) in [6.45, 7) is 0. The molecule has 0 unspecified atom stereocenters. The van der Waals surface area contributed by atoms with E-state index in [-0.39, 0.29) is 0 Å². The van der Waals surface area contributed by atoms with Crippen LogP contribution in [0.3, 0.4) is 0 Å². The van der Waals surface area contributed by atoms with Gasteiger partial charge >= 0.3 is 0 Å². The van der Waals surface area contributed by atoms with Crippen LogP contribution in [0.5, 0.6) is 5.75 Å². The Labute approximate surface area is 92.6 Å². The van der Waals surface area contributed by atoms with Gasteiger partial charge in [-0.1, -0.05) is 11.6 Å². The minimum absolute atomic E-state index is 0.707. The maximum Gasteiger partial charge on any atom is 0.160 e. The highest BCUT2D eigenvalue weighted by atomic mass is 79.9. The van der Waals surface area contributed by atoms with Gasteiger partial charge in [0.25, 0.3) is 0 Å². The third kappa shape index (κ3) is 1.54. The summed E-state index contributed by atoms with van der Waals surface area (Å²) >= 11 is 10.8. The molecule has 0 amide bonds. The first-order valence-electron chi connectivity index (χ1n) is 3.51. The van der Waals surface area contributed by atoms with Crippen LogP contribution in [0.25, 0.3) is 10.2 Å². The van der Waals surface area contributed by atoms with Crippen molar-refractivity contribution < 1.29 is 4.74 Å². The van der Waals surface area contributed by atoms with Crippen LogP contribution in [0.4, 0.5) is 0 Å². The molecule has 0 N–H and O–H groups in total. The minimum Gasteiger partial charge on any atom is -0.494 e. The maximum atomic E-state index is 5.99. The predicted octanol–water partition coefficient (Wildman–Crippen LogP) is 3.72.